The molecule has 0 aromatic heterocycles. The maximum absolute atomic E-state index is 13.5. The van der Waals surface area contributed by atoms with Crippen LogP contribution < -0.4 is 10.1 Å². The number of piperidine rings is 1. The van der Waals surface area contributed by atoms with Gasteiger partial charge in [-0.05, 0) is 80.2 Å². The normalized spacial score (nSPS) is 17.8. The summed E-state index contributed by atoms with van der Waals surface area (Å²) in [7, 11) is 1.66. The Balaban J connectivity index is 1.16. The number of halogens is 1. The van der Waals surface area contributed by atoms with E-state index in [4.69, 9.17) is 16.3 Å². The maximum Gasteiger partial charge on any atom is 0.251 e. The Hall–Kier alpha value is -3.35. The lowest BCUT2D eigenvalue weighted by Gasteiger charge is -2.38. The van der Waals surface area contributed by atoms with Crippen LogP contribution in [0.3, 0.4) is 0 Å². The lowest BCUT2D eigenvalue weighted by atomic mass is 9.77. The van der Waals surface area contributed by atoms with E-state index in [-0.39, 0.29) is 17.4 Å². The van der Waals surface area contributed by atoms with Crippen LogP contribution >= 0.6 is 11.6 Å². The Morgan fingerprint density at radius 2 is 1.69 bits per heavy atom. The van der Waals surface area contributed by atoms with Gasteiger partial charge in [-0.25, -0.2) is 0 Å². The van der Waals surface area contributed by atoms with Crippen LogP contribution in [0, 0.1) is 5.41 Å². The number of hydrogen-bond acceptors (Lipinski definition) is 4. The van der Waals surface area contributed by atoms with Gasteiger partial charge in [-0.15, -0.1) is 0 Å². The number of benzene rings is 3. The van der Waals surface area contributed by atoms with Crippen LogP contribution in [0.2, 0.25) is 5.02 Å². The molecule has 0 radical (unpaired) electrons. The van der Waals surface area contributed by atoms with Crippen molar-refractivity contribution in [1.29, 1.82) is 0 Å². The van der Waals surface area contributed by atoms with E-state index in [0.717, 1.165) is 68.7 Å². The maximum atomic E-state index is 13.5. The molecule has 6 nitrogen and oxygen atoms in total. The number of nitrogens with zero attached hydrogens (tertiary/aromatic N) is 2. The molecule has 5 rings (SSSR count). The third kappa shape index (κ3) is 6.45. The third-order valence-electron chi connectivity index (χ3n) is 8.27. The van der Waals surface area contributed by atoms with Crippen molar-refractivity contribution in [2.75, 3.05) is 33.3 Å². The number of amides is 2. The Labute approximate surface area is 235 Å². The average Bonchev–Trinajstić information content (AvgIpc) is 3.26. The zero-order valence-corrected chi connectivity index (χ0v) is 23.2. The van der Waals surface area contributed by atoms with Crippen molar-refractivity contribution in [2.45, 2.75) is 38.3 Å². The van der Waals surface area contributed by atoms with Crippen molar-refractivity contribution in [3.05, 3.63) is 101 Å². The van der Waals surface area contributed by atoms with Gasteiger partial charge in [0.2, 0.25) is 5.91 Å². The highest BCUT2D eigenvalue weighted by Crippen LogP contribution is 2.42. The molecule has 1 N–H and O–H groups in total. The number of likely N-dealkylation sites (tertiary alicyclic amines) is 2. The molecule has 2 fully saturated rings. The average molecular weight is 546 g/mol. The standard InChI is InChI=1S/C32H36ClN3O3/c1-39-28-12-10-24(11-13-28)23-36-21-17-32(31(36)38)15-19-35(20-16-32)18-14-29(25-6-3-2-4-7-25)34-30(37)26-8-5-9-27(33)22-26/h2-13,22,29H,14-21,23H2,1H3,(H,34,37). The summed E-state index contributed by atoms with van der Waals surface area (Å²) in [4.78, 5) is 30.9. The number of hydrogen-bond donors (Lipinski definition) is 1. The van der Waals surface area contributed by atoms with Gasteiger partial charge < -0.3 is 19.9 Å². The molecule has 2 aliphatic heterocycles. The van der Waals surface area contributed by atoms with E-state index in [2.05, 4.69) is 22.3 Å². The van der Waals surface area contributed by atoms with Gasteiger partial charge in [0, 0.05) is 30.2 Å². The zero-order valence-electron chi connectivity index (χ0n) is 22.4. The largest absolute Gasteiger partial charge is 0.497 e. The highest BCUT2D eigenvalue weighted by Gasteiger charge is 2.47. The lowest BCUT2D eigenvalue weighted by Crippen LogP contribution is -2.45. The molecule has 0 saturated carbocycles. The van der Waals surface area contributed by atoms with Crippen LogP contribution in [-0.4, -0.2) is 54.9 Å². The van der Waals surface area contributed by atoms with E-state index in [1.54, 1.807) is 31.4 Å². The minimum absolute atomic E-state index is 0.110. The minimum Gasteiger partial charge on any atom is -0.497 e. The molecule has 204 valence electrons. The first-order valence-electron chi connectivity index (χ1n) is 13.7. The SMILES string of the molecule is COc1ccc(CN2CCC3(CCN(CCC(NC(=O)c4cccc(Cl)c4)c4ccccc4)CC3)C2=O)cc1. The number of ether oxygens (including phenoxy) is 1. The molecule has 1 unspecified atom stereocenters. The van der Waals surface area contributed by atoms with Crippen LogP contribution in [0.5, 0.6) is 5.75 Å². The van der Waals surface area contributed by atoms with Crippen LogP contribution in [0.1, 0.15) is 53.2 Å². The van der Waals surface area contributed by atoms with Crippen LogP contribution in [0.15, 0.2) is 78.9 Å². The Bertz CT molecular complexity index is 1270. The quantitative estimate of drug-likeness (QED) is 0.373. The van der Waals surface area contributed by atoms with Crippen molar-refractivity contribution in [1.82, 2.24) is 15.1 Å². The molecule has 2 saturated heterocycles. The second kappa shape index (κ2) is 12.2. The smallest absolute Gasteiger partial charge is 0.251 e. The summed E-state index contributed by atoms with van der Waals surface area (Å²) in [6.45, 7) is 4.11. The van der Waals surface area contributed by atoms with E-state index < -0.39 is 0 Å². The molecular formula is C32H36ClN3O3. The number of carbonyl (C=O) groups is 2. The third-order valence-corrected chi connectivity index (χ3v) is 8.51. The minimum atomic E-state index is -0.234. The molecule has 0 aliphatic carbocycles. The predicted octanol–water partition coefficient (Wildman–Crippen LogP) is 5.72. The molecule has 2 aliphatic rings. The summed E-state index contributed by atoms with van der Waals surface area (Å²) in [5.74, 6) is 1.00. The molecule has 1 spiro atoms. The molecule has 2 amide bonds. The fourth-order valence-electron chi connectivity index (χ4n) is 5.85. The zero-order chi connectivity index (χ0) is 27.2. The predicted molar refractivity (Wildman–Crippen MR) is 154 cm³/mol. The van der Waals surface area contributed by atoms with E-state index in [1.165, 1.54) is 0 Å². The summed E-state index contributed by atoms with van der Waals surface area (Å²) >= 11 is 6.11. The molecule has 3 aromatic rings. The summed E-state index contributed by atoms with van der Waals surface area (Å²) in [5, 5.41) is 3.76. The molecule has 2 heterocycles. The van der Waals surface area contributed by atoms with E-state index >= 15 is 0 Å². The molecule has 3 aromatic carbocycles. The second-order valence-corrected chi connectivity index (χ2v) is 11.1. The van der Waals surface area contributed by atoms with Gasteiger partial charge in [0.15, 0.2) is 0 Å². The van der Waals surface area contributed by atoms with Gasteiger partial charge in [0.05, 0.1) is 18.6 Å². The molecule has 1 atom stereocenters. The van der Waals surface area contributed by atoms with Crippen LogP contribution in [-0.2, 0) is 11.3 Å². The van der Waals surface area contributed by atoms with Gasteiger partial charge >= 0.3 is 0 Å². The summed E-state index contributed by atoms with van der Waals surface area (Å²) in [6.07, 6.45) is 3.49. The van der Waals surface area contributed by atoms with Crippen LogP contribution in [0.25, 0.3) is 0 Å². The van der Waals surface area contributed by atoms with E-state index in [9.17, 15) is 9.59 Å². The molecular weight excluding hydrogens is 510 g/mol. The van der Waals surface area contributed by atoms with Crippen molar-refractivity contribution in [2.24, 2.45) is 5.41 Å². The van der Waals surface area contributed by atoms with Gasteiger partial charge in [-0.2, -0.15) is 0 Å². The second-order valence-electron chi connectivity index (χ2n) is 10.7. The van der Waals surface area contributed by atoms with E-state index in [1.807, 2.05) is 47.4 Å². The number of carbonyl (C=O) groups excluding carboxylic acids is 2. The van der Waals surface area contributed by atoms with Gasteiger partial charge in [-0.1, -0.05) is 60.1 Å². The van der Waals surface area contributed by atoms with Crippen molar-refractivity contribution in [3.63, 3.8) is 0 Å². The fraction of sp³-hybridized carbons (Fsp3) is 0.375. The number of nitrogens with one attached hydrogen (secondary N) is 1. The fourth-order valence-corrected chi connectivity index (χ4v) is 6.04. The number of rotatable bonds is 9. The van der Waals surface area contributed by atoms with Crippen molar-refractivity contribution < 1.29 is 14.3 Å². The van der Waals surface area contributed by atoms with Crippen LogP contribution in [0.4, 0.5) is 0 Å². The Morgan fingerprint density at radius 1 is 0.974 bits per heavy atom. The number of methoxy groups -OCH3 is 1. The van der Waals surface area contributed by atoms with Crippen molar-refractivity contribution in [3.8, 4) is 5.75 Å². The monoisotopic (exact) mass is 545 g/mol. The topological polar surface area (TPSA) is 61.9 Å². The van der Waals surface area contributed by atoms with E-state index in [0.29, 0.717) is 23.0 Å². The first-order chi connectivity index (χ1) is 19.0. The summed E-state index contributed by atoms with van der Waals surface area (Å²) in [6, 6.07) is 25.0. The Kier molecular flexibility index (Phi) is 8.53. The van der Waals surface area contributed by atoms with Gasteiger partial charge in [0.25, 0.3) is 5.91 Å². The molecule has 0 bridgehead atoms. The summed E-state index contributed by atoms with van der Waals surface area (Å²) < 4.78 is 5.25. The molecule has 39 heavy (non-hydrogen) atoms. The highest BCUT2D eigenvalue weighted by atomic mass is 35.5. The lowest BCUT2D eigenvalue weighted by molar-refractivity contribution is -0.138. The Morgan fingerprint density at radius 3 is 2.38 bits per heavy atom. The summed E-state index contributed by atoms with van der Waals surface area (Å²) in [5.41, 5.74) is 2.54. The highest BCUT2D eigenvalue weighted by molar-refractivity contribution is 6.30. The van der Waals surface area contributed by atoms with Crippen molar-refractivity contribution >= 4 is 23.4 Å². The van der Waals surface area contributed by atoms with Gasteiger partial charge in [-0.3, -0.25) is 9.59 Å². The molecule has 7 heteroatoms. The first kappa shape index (κ1) is 27.2. The first-order valence-corrected chi connectivity index (χ1v) is 14.1. The van der Waals surface area contributed by atoms with Gasteiger partial charge in [0.1, 0.15) is 5.75 Å².